The highest BCUT2D eigenvalue weighted by molar-refractivity contribution is 4.93. The Labute approximate surface area is 80.5 Å². The maximum absolute atomic E-state index is 9.08. The van der Waals surface area contributed by atoms with E-state index < -0.39 is 0 Å². The lowest BCUT2D eigenvalue weighted by molar-refractivity contribution is 0.148. The zero-order valence-corrected chi connectivity index (χ0v) is 8.21. The second-order valence-electron chi connectivity index (χ2n) is 4.43. The van der Waals surface area contributed by atoms with Gasteiger partial charge in [-0.2, -0.15) is 5.26 Å². The zero-order chi connectivity index (χ0) is 9.10. The van der Waals surface area contributed by atoms with Crippen LogP contribution in [0.1, 0.15) is 32.1 Å². The summed E-state index contributed by atoms with van der Waals surface area (Å²) < 4.78 is 0. The average molecular weight is 178 g/mol. The highest BCUT2D eigenvalue weighted by atomic mass is 15.2. The van der Waals surface area contributed by atoms with Gasteiger partial charge in [-0.3, -0.25) is 0 Å². The summed E-state index contributed by atoms with van der Waals surface area (Å²) in [5, 5.41) is 9.08. The molecular formula is C11H18N2. The molecule has 1 aliphatic heterocycles. The van der Waals surface area contributed by atoms with Crippen LogP contribution in [0.15, 0.2) is 0 Å². The Morgan fingerprint density at radius 1 is 1.23 bits per heavy atom. The molecule has 1 atom stereocenters. The van der Waals surface area contributed by atoms with E-state index in [9.17, 15) is 0 Å². The quantitative estimate of drug-likeness (QED) is 0.661. The molecule has 0 aromatic heterocycles. The average Bonchev–Trinajstić information content (AvgIpc) is 2.55. The second-order valence-corrected chi connectivity index (χ2v) is 4.43. The molecule has 2 aliphatic rings. The Morgan fingerprint density at radius 3 is 2.38 bits per heavy atom. The third kappa shape index (κ3) is 2.03. The van der Waals surface area contributed by atoms with Gasteiger partial charge in [-0.1, -0.05) is 12.8 Å². The maximum Gasteiger partial charge on any atom is 0.0672 e. The van der Waals surface area contributed by atoms with Gasteiger partial charge in [0.2, 0.25) is 0 Å². The van der Waals surface area contributed by atoms with Crippen LogP contribution in [0.25, 0.3) is 0 Å². The summed E-state index contributed by atoms with van der Waals surface area (Å²) in [6, 6.07) is 2.50. The Kier molecular flexibility index (Phi) is 2.85. The predicted molar refractivity (Wildman–Crippen MR) is 52.1 cm³/mol. The van der Waals surface area contributed by atoms with E-state index in [0.29, 0.717) is 11.8 Å². The van der Waals surface area contributed by atoms with Crippen molar-refractivity contribution in [2.75, 3.05) is 19.6 Å². The van der Waals surface area contributed by atoms with Crippen molar-refractivity contribution < 1.29 is 0 Å². The molecule has 0 aromatic rings. The standard InChI is InChI=1S/C11H18N2/c12-8-11(9-13-6-3-7-13)10-4-1-2-5-10/h10-11H,1-7,9H2. The smallest absolute Gasteiger partial charge is 0.0672 e. The van der Waals surface area contributed by atoms with Gasteiger partial charge in [0.15, 0.2) is 0 Å². The normalized spacial score (nSPS) is 26.7. The van der Waals surface area contributed by atoms with Crippen LogP contribution in [0.3, 0.4) is 0 Å². The van der Waals surface area contributed by atoms with E-state index in [0.717, 1.165) is 6.54 Å². The van der Waals surface area contributed by atoms with Gasteiger partial charge in [-0.15, -0.1) is 0 Å². The van der Waals surface area contributed by atoms with Gasteiger partial charge in [0, 0.05) is 6.54 Å². The first-order valence-electron chi connectivity index (χ1n) is 5.52. The zero-order valence-electron chi connectivity index (χ0n) is 8.21. The van der Waals surface area contributed by atoms with Crippen LogP contribution in [-0.4, -0.2) is 24.5 Å². The first-order valence-corrected chi connectivity index (χ1v) is 5.52. The molecule has 0 spiro atoms. The minimum Gasteiger partial charge on any atom is -0.302 e. The molecule has 2 rings (SSSR count). The number of nitrogens with zero attached hydrogens (tertiary/aromatic N) is 2. The molecule has 0 bridgehead atoms. The number of hydrogen-bond donors (Lipinski definition) is 0. The lowest BCUT2D eigenvalue weighted by Gasteiger charge is -2.33. The lowest BCUT2D eigenvalue weighted by atomic mass is 9.91. The third-order valence-electron chi connectivity index (χ3n) is 3.54. The van der Waals surface area contributed by atoms with Crippen LogP contribution in [0.2, 0.25) is 0 Å². The van der Waals surface area contributed by atoms with E-state index in [-0.39, 0.29) is 0 Å². The van der Waals surface area contributed by atoms with Crippen LogP contribution in [0, 0.1) is 23.2 Å². The van der Waals surface area contributed by atoms with Crippen LogP contribution in [0.4, 0.5) is 0 Å². The van der Waals surface area contributed by atoms with Crippen molar-refractivity contribution in [1.29, 1.82) is 5.26 Å². The van der Waals surface area contributed by atoms with Crippen molar-refractivity contribution in [3.05, 3.63) is 0 Å². The molecule has 1 unspecified atom stereocenters. The minimum atomic E-state index is 0.322. The van der Waals surface area contributed by atoms with E-state index in [1.807, 2.05) is 0 Å². The minimum absolute atomic E-state index is 0.322. The van der Waals surface area contributed by atoms with Crippen LogP contribution >= 0.6 is 0 Å². The Hall–Kier alpha value is -0.550. The van der Waals surface area contributed by atoms with Crippen LogP contribution in [0.5, 0.6) is 0 Å². The molecule has 13 heavy (non-hydrogen) atoms. The fraction of sp³-hybridized carbons (Fsp3) is 0.909. The molecule has 2 heteroatoms. The summed E-state index contributed by atoms with van der Waals surface area (Å²) in [6.07, 6.45) is 6.63. The molecule has 1 heterocycles. The molecule has 1 aliphatic carbocycles. The largest absolute Gasteiger partial charge is 0.302 e. The molecule has 2 fully saturated rings. The van der Waals surface area contributed by atoms with Crippen molar-refractivity contribution in [1.82, 2.24) is 4.90 Å². The fourth-order valence-electron chi connectivity index (χ4n) is 2.50. The lowest BCUT2D eigenvalue weighted by Crippen LogP contribution is -2.41. The summed E-state index contributed by atoms with van der Waals surface area (Å²) >= 11 is 0. The molecule has 0 amide bonds. The third-order valence-corrected chi connectivity index (χ3v) is 3.54. The molecular weight excluding hydrogens is 160 g/mol. The van der Waals surface area contributed by atoms with Crippen LogP contribution < -0.4 is 0 Å². The Bertz CT molecular complexity index is 197. The van der Waals surface area contributed by atoms with Crippen molar-refractivity contribution in [2.45, 2.75) is 32.1 Å². The van der Waals surface area contributed by atoms with E-state index in [4.69, 9.17) is 5.26 Å². The molecule has 0 N–H and O–H groups in total. The number of nitriles is 1. The number of likely N-dealkylation sites (tertiary alicyclic amines) is 1. The summed E-state index contributed by atoms with van der Waals surface area (Å²) in [6.45, 7) is 3.50. The van der Waals surface area contributed by atoms with Crippen molar-refractivity contribution in [3.8, 4) is 6.07 Å². The Morgan fingerprint density at radius 2 is 1.92 bits per heavy atom. The van der Waals surface area contributed by atoms with Gasteiger partial charge >= 0.3 is 0 Å². The maximum atomic E-state index is 9.08. The molecule has 1 saturated carbocycles. The summed E-state index contributed by atoms with van der Waals surface area (Å²) in [5.74, 6) is 1.04. The van der Waals surface area contributed by atoms with E-state index in [1.54, 1.807) is 0 Å². The van der Waals surface area contributed by atoms with Crippen molar-refractivity contribution >= 4 is 0 Å². The second kappa shape index (κ2) is 4.11. The first-order chi connectivity index (χ1) is 6.40. The van der Waals surface area contributed by atoms with Gasteiger partial charge in [-0.05, 0) is 38.3 Å². The van der Waals surface area contributed by atoms with Crippen LogP contribution in [-0.2, 0) is 0 Å². The van der Waals surface area contributed by atoms with E-state index >= 15 is 0 Å². The van der Waals surface area contributed by atoms with Gasteiger partial charge in [0.1, 0.15) is 0 Å². The van der Waals surface area contributed by atoms with E-state index in [1.165, 1.54) is 45.2 Å². The van der Waals surface area contributed by atoms with Gasteiger partial charge in [0.25, 0.3) is 0 Å². The van der Waals surface area contributed by atoms with E-state index in [2.05, 4.69) is 11.0 Å². The predicted octanol–water partition coefficient (Wildman–Crippen LogP) is 2.02. The van der Waals surface area contributed by atoms with Crippen molar-refractivity contribution in [2.24, 2.45) is 11.8 Å². The topological polar surface area (TPSA) is 27.0 Å². The monoisotopic (exact) mass is 178 g/mol. The molecule has 72 valence electrons. The SMILES string of the molecule is N#CC(CN1CCC1)C1CCCC1. The fourth-order valence-corrected chi connectivity index (χ4v) is 2.50. The first kappa shape index (κ1) is 9.02. The Balaban J connectivity index is 1.81. The van der Waals surface area contributed by atoms with Crippen molar-refractivity contribution in [3.63, 3.8) is 0 Å². The molecule has 0 aromatic carbocycles. The summed E-state index contributed by atoms with van der Waals surface area (Å²) in [4.78, 5) is 2.42. The van der Waals surface area contributed by atoms with Gasteiger partial charge < -0.3 is 4.90 Å². The molecule has 1 saturated heterocycles. The summed E-state index contributed by atoms with van der Waals surface area (Å²) in [7, 11) is 0. The van der Waals surface area contributed by atoms with Gasteiger partial charge in [-0.25, -0.2) is 0 Å². The molecule has 2 nitrogen and oxygen atoms in total. The number of rotatable bonds is 3. The summed E-state index contributed by atoms with van der Waals surface area (Å²) in [5.41, 5.74) is 0. The number of hydrogen-bond acceptors (Lipinski definition) is 2. The molecule has 0 radical (unpaired) electrons. The van der Waals surface area contributed by atoms with Gasteiger partial charge in [0.05, 0.1) is 12.0 Å². The highest BCUT2D eigenvalue weighted by Crippen LogP contribution is 2.32. The highest BCUT2D eigenvalue weighted by Gasteiger charge is 2.27.